The van der Waals surface area contributed by atoms with Crippen LogP contribution < -0.4 is 5.32 Å². The number of carbonyl (C=O) groups is 1. The van der Waals surface area contributed by atoms with E-state index in [1.807, 2.05) is 48.5 Å². The Bertz CT molecular complexity index is 964. The second kappa shape index (κ2) is 9.34. The molecule has 2 heteroatoms. The lowest BCUT2D eigenvalue weighted by atomic mass is 9.77. The quantitative estimate of drug-likeness (QED) is 0.302. The summed E-state index contributed by atoms with van der Waals surface area (Å²) in [5, 5.41) is 3.76. The van der Waals surface area contributed by atoms with Crippen LogP contribution in [0.2, 0.25) is 0 Å². The molecule has 148 valence electrons. The van der Waals surface area contributed by atoms with E-state index in [2.05, 4.69) is 78.1 Å². The van der Waals surface area contributed by atoms with E-state index >= 15 is 0 Å². The molecule has 30 heavy (non-hydrogen) atoms. The van der Waals surface area contributed by atoms with E-state index in [9.17, 15) is 4.79 Å². The Kier molecular flexibility index (Phi) is 6.17. The Morgan fingerprint density at radius 2 is 0.933 bits per heavy atom. The molecule has 0 bridgehead atoms. The van der Waals surface area contributed by atoms with Crippen molar-refractivity contribution in [3.8, 4) is 0 Å². The Morgan fingerprint density at radius 1 is 0.567 bits per heavy atom. The Labute approximate surface area is 178 Å². The average Bonchev–Trinajstić information content (AvgIpc) is 2.84. The fraction of sp³-hybridized carbons (Fsp3) is 0.107. The van der Waals surface area contributed by atoms with Crippen molar-refractivity contribution in [3.63, 3.8) is 0 Å². The van der Waals surface area contributed by atoms with Crippen LogP contribution in [0, 0.1) is 0 Å². The predicted octanol–water partition coefficient (Wildman–Crippen LogP) is 5.84. The lowest BCUT2D eigenvalue weighted by molar-refractivity contribution is 0.0981. The second-order valence-electron chi connectivity index (χ2n) is 7.31. The van der Waals surface area contributed by atoms with Gasteiger partial charge in [0.15, 0.2) is 5.78 Å². The summed E-state index contributed by atoms with van der Waals surface area (Å²) < 4.78 is 0. The van der Waals surface area contributed by atoms with Gasteiger partial charge in [-0.1, -0.05) is 121 Å². The zero-order valence-electron chi connectivity index (χ0n) is 16.9. The largest absolute Gasteiger partial charge is 0.300 e. The van der Waals surface area contributed by atoms with Crippen molar-refractivity contribution in [2.75, 3.05) is 6.54 Å². The number of nitrogens with one attached hydrogen (secondary N) is 1. The summed E-state index contributed by atoms with van der Waals surface area (Å²) in [6.07, 6.45) is 0.429. The van der Waals surface area contributed by atoms with Gasteiger partial charge in [0.25, 0.3) is 0 Å². The van der Waals surface area contributed by atoms with Gasteiger partial charge in [0.2, 0.25) is 0 Å². The second-order valence-corrected chi connectivity index (χ2v) is 7.31. The number of rotatable bonds is 8. The molecular formula is C28H25NO. The standard InChI is InChI=1S/C28H25NO/c30-27(23-13-5-1-6-14-23)21-22-29-28(24-15-7-2-8-16-24,25-17-9-3-10-18-25)26-19-11-4-12-20-26/h1-20,29H,21-22H2. The zero-order chi connectivity index (χ0) is 20.7. The molecular weight excluding hydrogens is 366 g/mol. The van der Waals surface area contributed by atoms with Crippen molar-refractivity contribution in [1.82, 2.24) is 5.32 Å². The van der Waals surface area contributed by atoms with Crippen molar-refractivity contribution >= 4 is 5.78 Å². The molecule has 0 saturated carbocycles. The van der Waals surface area contributed by atoms with Crippen LogP contribution in [0.1, 0.15) is 33.5 Å². The first-order chi connectivity index (χ1) is 14.8. The summed E-state index contributed by atoms with van der Waals surface area (Å²) in [5.41, 5.74) is 3.66. The van der Waals surface area contributed by atoms with Gasteiger partial charge in [-0.25, -0.2) is 0 Å². The van der Waals surface area contributed by atoms with Gasteiger partial charge < -0.3 is 0 Å². The Hall–Kier alpha value is -3.49. The van der Waals surface area contributed by atoms with E-state index in [0.29, 0.717) is 13.0 Å². The minimum atomic E-state index is -0.541. The fourth-order valence-corrected chi connectivity index (χ4v) is 4.00. The van der Waals surface area contributed by atoms with Gasteiger partial charge in [-0.05, 0) is 16.7 Å². The zero-order valence-corrected chi connectivity index (χ0v) is 16.9. The van der Waals surface area contributed by atoms with E-state index in [-0.39, 0.29) is 5.78 Å². The number of hydrogen-bond donors (Lipinski definition) is 1. The number of Topliss-reactive ketones (excluding diaryl/α,β-unsaturated/α-hetero) is 1. The summed E-state index contributed by atoms with van der Waals surface area (Å²) in [7, 11) is 0. The highest BCUT2D eigenvalue weighted by molar-refractivity contribution is 5.96. The van der Waals surface area contributed by atoms with Crippen molar-refractivity contribution in [3.05, 3.63) is 144 Å². The van der Waals surface area contributed by atoms with Gasteiger partial charge in [0.1, 0.15) is 0 Å². The predicted molar refractivity (Wildman–Crippen MR) is 123 cm³/mol. The normalized spacial score (nSPS) is 11.2. The molecule has 2 nitrogen and oxygen atoms in total. The van der Waals surface area contributed by atoms with Gasteiger partial charge in [-0.15, -0.1) is 0 Å². The molecule has 1 N–H and O–H groups in total. The first-order valence-electron chi connectivity index (χ1n) is 10.3. The molecule has 4 aromatic carbocycles. The van der Waals surface area contributed by atoms with Crippen LogP contribution in [0.4, 0.5) is 0 Å². The van der Waals surface area contributed by atoms with Crippen LogP contribution >= 0.6 is 0 Å². The van der Waals surface area contributed by atoms with E-state index in [1.54, 1.807) is 0 Å². The molecule has 0 aliphatic rings. The van der Waals surface area contributed by atoms with Crippen LogP contribution in [-0.4, -0.2) is 12.3 Å². The van der Waals surface area contributed by atoms with E-state index < -0.39 is 5.54 Å². The van der Waals surface area contributed by atoms with E-state index in [1.165, 1.54) is 0 Å². The van der Waals surface area contributed by atoms with Crippen molar-refractivity contribution in [2.45, 2.75) is 12.0 Å². The number of benzene rings is 4. The molecule has 0 unspecified atom stereocenters. The van der Waals surface area contributed by atoms with Crippen LogP contribution in [-0.2, 0) is 5.54 Å². The van der Waals surface area contributed by atoms with Gasteiger partial charge in [0.05, 0.1) is 5.54 Å². The molecule has 0 spiro atoms. The van der Waals surface area contributed by atoms with Gasteiger partial charge >= 0.3 is 0 Å². The molecule has 0 atom stereocenters. The summed E-state index contributed by atoms with van der Waals surface area (Å²) in [4.78, 5) is 12.7. The highest BCUT2D eigenvalue weighted by Crippen LogP contribution is 2.36. The fourth-order valence-electron chi connectivity index (χ4n) is 4.00. The average molecular weight is 392 g/mol. The van der Waals surface area contributed by atoms with Gasteiger partial charge in [-0.3, -0.25) is 10.1 Å². The maximum absolute atomic E-state index is 12.7. The SMILES string of the molecule is O=C(CCNC(c1ccccc1)(c1ccccc1)c1ccccc1)c1ccccc1. The Balaban J connectivity index is 1.72. The summed E-state index contributed by atoms with van der Waals surface area (Å²) in [6, 6.07) is 40.8. The molecule has 0 aliphatic heterocycles. The lowest BCUT2D eigenvalue weighted by Gasteiger charge is -2.37. The summed E-state index contributed by atoms with van der Waals surface area (Å²) >= 11 is 0. The highest BCUT2D eigenvalue weighted by Gasteiger charge is 2.35. The number of hydrogen-bond acceptors (Lipinski definition) is 2. The molecule has 0 saturated heterocycles. The lowest BCUT2D eigenvalue weighted by Crippen LogP contribution is -2.45. The monoisotopic (exact) mass is 391 g/mol. The van der Waals surface area contributed by atoms with Crippen LogP contribution in [0.3, 0.4) is 0 Å². The third-order valence-electron chi connectivity index (χ3n) is 5.46. The van der Waals surface area contributed by atoms with Gasteiger partial charge in [-0.2, -0.15) is 0 Å². The van der Waals surface area contributed by atoms with Crippen LogP contribution in [0.15, 0.2) is 121 Å². The Morgan fingerprint density at radius 3 is 1.33 bits per heavy atom. The van der Waals surface area contributed by atoms with E-state index in [4.69, 9.17) is 0 Å². The molecule has 0 fully saturated rings. The van der Waals surface area contributed by atoms with Crippen molar-refractivity contribution in [2.24, 2.45) is 0 Å². The smallest absolute Gasteiger partial charge is 0.164 e. The first kappa shape index (κ1) is 19.8. The topological polar surface area (TPSA) is 29.1 Å². The van der Waals surface area contributed by atoms with Crippen LogP contribution in [0.25, 0.3) is 0 Å². The molecule has 4 rings (SSSR count). The maximum atomic E-state index is 12.7. The number of ketones is 1. The van der Waals surface area contributed by atoms with Gasteiger partial charge in [0, 0.05) is 18.5 Å². The molecule has 0 heterocycles. The molecule has 0 amide bonds. The van der Waals surface area contributed by atoms with Crippen molar-refractivity contribution in [1.29, 1.82) is 0 Å². The minimum Gasteiger partial charge on any atom is -0.300 e. The third-order valence-corrected chi connectivity index (χ3v) is 5.46. The molecule has 0 aromatic heterocycles. The number of carbonyl (C=O) groups excluding carboxylic acids is 1. The van der Waals surface area contributed by atoms with E-state index in [0.717, 1.165) is 22.3 Å². The summed E-state index contributed by atoms with van der Waals surface area (Å²) in [6.45, 7) is 0.562. The molecule has 4 aromatic rings. The highest BCUT2D eigenvalue weighted by atomic mass is 16.1. The molecule has 0 radical (unpaired) electrons. The molecule has 0 aliphatic carbocycles. The van der Waals surface area contributed by atoms with Crippen LogP contribution in [0.5, 0.6) is 0 Å². The maximum Gasteiger partial charge on any atom is 0.164 e. The minimum absolute atomic E-state index is 0.145. The first-order valence-corrected chi connectivity index (χ1v) is 10.3. The third kappa shape index (κ3) is 4.10. The van der Waals surface area contributed by atoms with Crippen molar-refractivity contribution < 1.29 is 4.79 Å². The summed E-state index contributed by atoms with van der Waals surface area (Å²) in [5.74, 6) is 0.145.